The van der Waals surface area contributed by atoms with Gasteiger partial charge in [-0.2, -0.15) is 0 Å². The molecule has 4 heteroatoms. The van der Waals surface area contributed by atoms with E-state index in [0.717, 1.165) is 0 Å². The number of carbonyl (C=O) groups excluding carboxylic acids is 2. The van der Waals surface area contributed by atoms with Crippen LogP contribution in [-0.2, 0) is 14.3 Å². The minimum atomic E-state index is -1.08. The molecule has 1 aliphatic heterocycles. The van der Waals surface area contributed by atoms with E-state index in [1.165, 1.54) is 0 Å². The summed E-state index contributed by atoms with van der Waals surface area (Å²) in [5.41, 5.74) is -1.08. The number of esters is 2. The first-order valence-electron chi connectivity index (χ1n) is 3.31. The summed E-state index contributed by atoms with van der Waals surface area (Å²) in [5, 5.41) is 0.332. The molecule has 0 atom stereocenters. The lowest BCUT2D eigenvalue weighted by Crippen LogP contribution is -2.52. The number of hydrogen-bond acceptors (Lipinski definition) is 3. The Labute approximate surface area is 68.0 Å². The van der Waals surface area contributed by atoms with Crippen LogP contribution in [-0.4, -0.2) is 11.9 Å². The monoisotopic (exact) mass is 172 g/mol. The predicted octanol–water partition coefficient (Wildman–Crippen LogP) is 0.973. The van der Waals surface area contributed by atoms with E-state index in [1.807, 2.05) is 0 Å². The summed E-state index contributed by atoms with van der Waals surface area (Å²) < 4.78 is 4.24. The molecule has 0 amide bonds. The van der Waals surface area contributed by atoms with E-state index in [9.17, 15) is 9.59 Å². The smallest absolute Gasteiger partial charge is 0.336 e. The van der Waals surface area contributed by atoms with Crippen LogP contribution >= 0.6 is 11.6 Å². The predicted molar refractivity (Wildman–Crippen MR) is 36.7 cm³/mol. The van der Waals surface area contributed by atoms with E-state index in [1.54, 1.807) is 6.08 Å². The number of cyclic esters (lactones) is 2. The Balaban J connectivity index is 2.42. The molecule has 58 valence electrons. The Hall–Kier alpha value is -0.830. The van der Waals surface area contributed by atoms with Crippen molar-refractivity contribution in [2.75, 3.05) is 0 Å². The quantitative estimate of drug-likeness (QED) is 0.404. The second-order valence-corrected chi connectivity index (χ2v) is 3.08. The topological polar surface area (TPSA) is 43.4 Å². The molecule has 2 aliphatic rings. The Morgan fingerprint density at radius 2 is 2.09 bits per heavy atom. The summed E-state index contributed by atoms with van der Waals surface area (Å²) >= 11 is 5.70. The zero-order valence-corrected chi connectivity index (χ0v) is 6.35. The molecule has 11 heavy (non-hydrogen) atoms. The molecule has 0 unspecified atom stereocenters. The van der Waals surface area contributed by atoms with Crippen molar-refractivity contribution in [1.29, 1.82) is 0 Å². The van der Waals surface area contributed by atoms with Gasteiger partial charge in [-0.25, -0.2) is 9.59 Å². The third-order valence-corrected chi connectivity index (χ3v) is 2.61. The minimum absolute atomic E-state index is 0.332. The molecule has 0 N–H and O–H groups in total. The standard InChI is InChI=1S/C7H5ClO3/c8-4-2-1-3-7(4)5(9)11-6(7)10/h2H,1,3H2. The lowest BCUT2D eigenvalue weighted by molar-refractivity contribution is -0.192. The van der Waals surface area contributed by atoms with Gasteiger partial charge in [0, 0.05) is 5.03 Å². The van der Waals surface area contributed by atoms with Crippen LogP contribution in [0.25, 0.3) is 0 Å². The van der Waals surface area contributed by atoms with Gasteiger partial charge in [-0.05, 0) is 12.8 Å². The summed E-state index contributed by atoms with van der Waals surface area (Å²) in [6, 6.07) is 0. The van der Waals surface area contributed by atoms with Crippen molar-refractivity contribution >= 4 is 23.5 Å². The Kier molecular flexibility index (Phi) is 1.16. The fourth-order valence-electron chi connectivity index (χ4n) is 1.40. The van der Waals surface area contributed by atoms with Crippen LogP contribution in [0.15, 0.2) is 11.1 Å². The molecule has 2 rings (SSSR count). The molecular weight excluding hydrogens is 168 g/mol. The number of ether oxygens (including phenoxy) is 1. The van der Waals surface area contributed by atoms with Crippen LogP contribution in [0.4, 0.5) is 0 Å². The number of allylic oxidation sites excluding steroid dienone is 1. The molecule has 0 saturated carbocycles. The molecule has 1 fully saturated rings. The second kappa shape index (κ2) is 1.85. The molecule has 3 nitrogen and oxygen atoms in total. The molecule has 0 aromatic carbocycles. The SMILES string of the molecule is O=C1OC(=O)C12CCC=C2Cl. The highest BCUT2D eigenvalue weighted by Gasteiger charge is 2.62. The third-order valence-electron chi connectivity index (χ3n) is 2.13. The Morgan fingerprint density at radius 3 is 2.36 bits per heavy atom. The highest BCUT2D eigenvalue weighted by molar-refractivity contribution is 6.37. The van der Waals surface area contributed by atoms with E-state index in [-0.39, 0.29) is 0 Å². The fraction of sp³-hybridized carbons (Fsp3) is 0.429. The summed E-state index contributed by atoms with van der Waals surface area (Å²) in [5.74, 6) is -0.998. The number of rotatable bonds is 0. The van der Waals surface area contributed by atoms with Crippen molar-refractivity contribution in [2.24, 2.45) is 5.41 Å². The third kappa shape index (κ3) is 0.594. The summed E-state index contributed by atoms with van der Waals surface area (Å²) in [6.45, 7) is 0. The molecule has 1 heterocycles. The van der Waals surface area contributed by atoms with Crippen LogP contribution in [0.2, 0.25) is 0 Å². The summed E-state index contributed by atoms with van der Waals surface area (Å²) in [6.07, 6.45) is 2.85. The summed E-state index contributed by atoms with van der Waals surface area (Å²) in [4.78, 5) is 21.8. The van der Waals surface area contributed by atoms with Gasteiger partial charge in [-0.3, -0.25) is 0 Å². The van der Waals surface area contributed by atoms with Crippen LogP contribution in [0.5, 0.6) is 0 Å². The zero-order valence-electron chi connectivity index (χ0n) is 5.59. The van der Waals surface area contributed by atoms with Crippen LogP contribution in [0, 0.1) is 5.41 Å². The van der Waals surface area contributed by atoms with Gasteiger partial charge in [0.15, 0.2) is 0 Å². The van der Waals surface area contributed by atoms with Crippen molar-refractivity contribution in [3.63, 3.8) is 0 Å². The highest BCUT2D eigenvalue weighted by Crippen LogP contribution is 2.48. The maximum absolute atomic E-state index is 10.9. The van der Waals surface area contributed by atoms with Gasteiger partial charge in [0.2, 0.25) is 5.41 Å². The largest absolute Gasteiger partial charge is 0.391 e. The Bertz CT molecular complexity index is 265. The van der Waals surface area contributed by atoms with Crippen molar-refractivity contribution < 1.29 is 14.3 Å². The number of hydrogen-bond donors (Lipinski definition) is 0. The number of carbonyl (C=O) groups is 2. The normalized spacial score (nSPS) is 26.5. The van der Waals surface area contributed by atoms with Gasteiger partial charge in [-0.15, -0.1) is 0 Å². The van der Waals surface area contributed by atoms with Crippen LogP contribution in [0.1, 0.15) is 12.8 Å². The summed E-state index contributed by atoms with van der Waals surface area (Å²) in [7, 11) is 0. The van der Waals surface area contributed by atoms with Crippen molar-refractivity contribution in [3.05, 3.63) is 11.1 Å². The van der Waals surface area contributed by atoms with E-state index in [2.05, 4.69) is 4.74 Å². The average molecular weight is 173 g/mol. The van der Waals surface area contributed by atoms with Gasteiger partial charge in [-0.1, -0.05) is 17.7 Å². The maximum Gasteiger partial charge on any atom is 0.336 e. The highest BCUT2D eigenvalue weighted by atomic mass is 35.5. The van der Waals surface area contributed by atoms with Crippen LogP contribution < -0.4 is 0 Å². The molecule has 0 bridgehead atoms. The first kappa shape index (κ1) is 6.85. The molecule has 1 saturated heterocycles. The fourth-order valence-corrected chi connectivity index (χ4v) is 1.76. The van der Waals surface area contributed by atoms with E-state index in [0.29, 0.717) is 17.9 Å². The van der Waals surface area contributed by atoms with Gasteiger partial charge in [0.05, 0.1) is 0 Å². The first-order chi connectivity index (χ1) is 5.18. The first-order valence-corrected chi connectivity index (χ1v) is 3.68. The van der Waals surface area contributed by atoms with E-state index >= 15 is 0 Å². The lowest BCUT2D eigenvalue weighted by Gasteiger charge is -2.32. The Morgan fingerprint density at radius 1 is 1.45 bits per heavy atom. The number of halogens is 1. The molecule has 1 aliphatic carbocycles. The molecular formula is C7H5ClO3. The van der Waals surface area contributed by atoms with E-state index in [4.69, 9.17) is 11.6 Å². The van der Waals surface area contributed by atoms with Crippen molar-refractivity contribution in [1.82, 2.24) is 0 Å². The lowest BCUT2D eigenvalue weighted by atomic mass is 9.83. The molecule has 1 spiro atoms. The van der Waals surface area contributed by atoms with Crippen LogP contribution in [0.3, 0.4) is 0 Å². The molecule has 0 aromatic rings. The molecule has 0 radical (unpaired) electrons. The zero-order chi connectivity index (χ0) is 8.06. The average Bonchev–Trinajstić information content (AvgIpc) is 2.34. The maximum atomic E-state index is 10.9. The van der Waals surface area contributed by atoms with Gasteiger partial charge in [0.1, 0.15) is 0 Å². The minimum Gasteiger partial charge on any atom is -0.391 e. The molecule has 0 aromatic heterocycles. The van der Waals surface area contributed by atoms with Gasteiger partial charge < -0.3 is 4.74 Å². The van der Waals surface area contributed by atoms with Crippen molar-refractivity contribution in [2.45, 2.75) is 12.8 Å². The van der Waals surface area contributed by atoms with Gasteiger partial charge >= 0.3 is 11.9 Å². The van der Waals surface area contributed by atoms with E-state index < -0.39 is 17.4 Å². The van der Waals surface area contributed by atoms with Gasteiger partial charge in [0.25, 0.3) is 0 Å². The second-order valence-electron chi connectivity index (χ2n) is 2.67. The van der Waals surface area contributed by atoms with Crippen molar-refractivity contribution in [3.8, 4) is 0 Å².